The molecule has 0 atom stereocenters. The van der Waals surface area contributed by atoms with Crippen LogP contribution < -0.4 is 10.6 Å². The first-order chi connectivity index (χ1) is 10.3. The number of aliphatic imine (C=N–C) groups is 1. The lowest BCUT2D eigenvalue weighted by molar-refractivity contribution is -0.130. The Morgan fingerprint density at radius 3 is 3.05 bits per heavy atom. The van der Waals surface area contributed by atoms with E-state index in [4.69, 9.17) is 0 Å². The van der Waals surface area contributed by atoms with E-state index in [-0.39, 0.29) is 36.4 Å². The lowest BCUT2D eigenvalue weighted by atomic mass is 10.1. The van der Waals surface area contributed by atoms with Gasteiger partial charge in [-0.2, -0.15) is 0 Å². The molecular weight excluding hydrogens is 411 g/mol. The molecule has 0 saturated heterocycles. The number of guanidine groups is 1. The molecule has 1 aliphatic heterocycles. The Morgan fingerprint density at radius 2 is 2.32 bits per heavy atom. The highest BCUT2D eigenvalue weighted by Crippen LogP contribution is 2.24. The van der Waals surface area contributed by atoms with Gasteiger partial charge in [0.1, 0.15) is 6.54 Å². The topological polar surface area (TPSA) is 56.7 Å². The molecule has 1 aliphatic carbocycles. The second kappa shape index (κ2) is 8.14. The predicted octanol–water partition coefficient (Wildman–Crippen LogP) is 1.97. The number of rotatable bonds is 4. The molecule has 0 unspecified atom stereocenters. The molecule has 0 aromatic carbocycles. The molecule has 2 N–H and O–H groups in total. The molecule has 1 fully saturated rings. The van der Waals surface area contributed by atoms with E-state index in [1.807, 2.05) is 11.8 Å². The van der Waals surface area contributed by atoms with Gasteiger partial charge in [0.25, 0.3) is 0 Å². The molecule has 2 heterocycles. The highest BCUT2D eigenvalue weighted by Gasteiger charge is 2.23. The summed E-state index contributed by atoms with van der Waals surface area (Å²) in [6, 6.07) is 2.67. The van der Waals surface area contributed by atoms with Crippen LogP contribution in [0.5, 0.6) is 0 Å². The SMILES string of the molecule is CCNC(=NCC(=O)N1CCc2sccc2C1)NC1CC1.I. The number of halogens is 1. The molecule has 122 valence electrons. The van der Waals surface area contributed by atoms with Crippen molar-refractivity contribution in [2.75, 3.05) is 19.6 Å². The zero-order valence-corrected chi connectivity index (χ0v) is 15.9. The number of hydrogen-bond donors (Lipinski definition) is 2. The van der Waals surface area contributed by atoms with Crippen LogP contribution in [-0.2, 0) is 17.8 Å². The van der Waals surface area contributed by atoms with Gasteiger partial charge < -0.3 is 15.5 Å². The number of thiophene rings is 1. The molecule has 7 heteroatoms. The third-order valence-electron chi connectivity index (χ3n) is 3.80. The normalized spacial score (nSPS) is 17.5. The van der Waals surface area contributed by atoms with Crippen molar-refractivity contribution in [3.8, 4) is 0 Å². The predicted molar refractivity (Wildman–Crippen MR) is 101 cm³/mol. The molecule has 3 rings (SSSR count). The van der Waals surface area contributed by atoms with Crippen LogP contribution in [0.25, 0.3) is 0 Å². The van der Waals surface area contributed by atoms with Gasteiger partial charge in [-0.15, -0.1) is 35.3 Å². The molecule has 5 nitrogen and oxygen atoms in total. The van der Waals surface area contributed by atoms with Crippen molar-refractivity contribution >= 4 is 47.2 Å². The fourth-order valence-electron chi connectivity index (χ4n) is 2.45. The van der Waals surface area contributed by atoms with Crippen molar-refractivity contribution in [1.29, 1.82) is 0 Å². The van der Waals surface area contributed by atoms with Gasteiger partial charge in [-0.3, -0.25) is 4.79 Å². The Labute approximate surface area is 152 Å². The molecule has 1 aromatic rings. The first kappa shape index (κ1) is 17.5. The second-order valence-electron chi connectivity index (χ2n) is 5.55. The Morgan fingerprint density at radius 1 is 1.50 bits per heavy atom. The first-order valence-corrected chi connectivity index (χ1v) is 8.52. The molecule has 1 amide bonds. The highest BCUT2D eigenvalue weighted by molar-refractivity contribution is 14.0. The maximum atomic E-state index is 12.3. The van der Waals surface area contributed by atoms with Gasteiger partial charge in [-0.05, 0) is 43.2 Å². The third-order valence-corrected chi connectivity index (χ3v) is 4.82. The van der Waals surface area contributed by atoms with Crippen molar-refractivity contribution in [2.45, 2.75) is 38.8 Å². The average molecular weight is 434 g/mol. The summed E-state index contributed by atoms with van der Waals surface area (Å²) in [4.78, 5) is 20.1. The minimum absolute atomic E-state index is 0. The van der Waals surface area contributed by atoms with Crippen LogP contribution in [0.15, 0.2) is 16.4 Å². The van der Waals surface area contributed by atoms with E-state index in [9.17, 15) is 4.79 Å². The molecule has 1 aromatic heterocycles. The Kier molecular flexibility index (Phi) is 6.49. The van der Waals surface area contributed by atoms with Gasteiger partial charge >= 0.3 is 0 Å². The molecule has 0 spiro atoms. The summed E-state index contributed by atoms with van der Waals surface area (Å²) in [7, 11) is 0. The number of nitrogens with zero attached hydrogens (tertiary/aromatic N) is 2. The van der Waals surface area contributed by atoms with Crippen LogP contribution in [0.3, 0.4) is 0 Å². The Hall–Kier alpha value is -0.830. The second-order valence-corrected chi connectivity index (χ2v) is 6.55. The maximum absolute atomic E-state index is 12.3. The number of carbonyl (C=O) groups is 1. The van der Waals surface area contributed by atoms with E-state index in [0.29, 0.717) is 6.04 Å². The lowest BCUT2D eigenvalue weighted by Crippen LogP contribution is -2.41. The van der Waals surface area contributed by atoms with Crippen LogP contribution in [0.4, 0.5) is 0 Å². The van der Waals surface area contributed by atoms with E-state index in [0.717, 1.165) is 32.0 Å². The Balaban J connectivity index is 0.00000176. The van der Waals surface area contributed by atoms with Crippen molar-refractivity contribution < 1.29 is 4.79 Å². The maximum Gasteiger partial charge on any atom is 0.244 e. The molecule has 2 aliphatic rings. The van der Waals surface area contributed by atoms with Crippen LogP contribution in [0.2, 0.25) is 0 Å². The van der Waals surface area contributed by atoms with E-state index in [1.54, 1.807) is 11.3 Å². The minimum atomic E-state index is 0. The number of nitrogens with one attached hydrogen (secondary N) is 2. The minimum Gasteiger partial charge on any atom is -0.357 e. The zero-order valence-electron chi connectivity index (χ0n) is 12.8. The quantitative estimate of drug-likeness (QED) is 0.433. The van der Waals surface area contributed by atoms with Gasteiger partial charge in [0.05, 0.1) is 0 Å². The monoisotopic (exact) mass is 434 g/mol. The molecule has 1 saturated carbocycles. The molecule has 22 heavy (non-hydrogen) atoms. The van der Waals surface area contributed by atoms with Crippen LogP contribution >= 0.6 is 35.3 Å². The fraction of sp³-hybridized carbons (Fsp3) is 0.600. The molecule has 0 radical (unpaired) electrons. The largest absolute Gasteiger partial charge is 0.357 e. The van der Waals surface area contributed by atoms with Crippen molar-refractivity contribution in [1.82, 2.24) is 15.5 Å². The zero-order chi connectivity index (χ0) is 14.7. The highest BCUT2D eigenvalue weighted by atomic mass is 127. The number of fused-ring (bicyclic) bond motifs is 1. The standard InChI is InChI=1S/C15H22N4OS.HI/c1-2-16-15(18-12-3-4-12)17-9-14(20)19-7-5-13-11(10-19)6-8-21-13;/h6,8,12H,2-5,7,9-10H2,1H3,(H2,16,17,18);1H. The van der Waals surface area contributed by atoms with Gasteiger partial charge in [0, 0.05) is 30.6 Å². The summed E-state index contributed by atoms with van der Waals surface area (Å²) in [5, 5.41) is 8.64. The summed E-state index contributed by atoms with van der Waals surface area (Å²) in [6.07, 6.45) is 3.37. The fourth-order valence-corrected chi connectivity index (χ4v) is 3.34. The van der Waals surface area contributed by atoms with Crippen molar-refractivity contribution in [2.24, 2.45) is 4.99 Å². The van der Waals surface area contributed by atoms with Gasteiger partial charge in [-0.25, -0.2) is 4.99 Å². The Bertz CT molecular complexity index is 541. The number of carbonyl (C=O) groups excluding carboxylic acids is 1. The summed E-state index contributed by atoms with van der Waals surface area (Å²) < 4.78 is 0. The summed E-state index contributed by atoms with van der Waals surface area (Å²) in [6.45, 7) is 4.62. The first-order valence-electron chi connectivity index (χ1n) is 7.64. The molecule has 0 bridgehead atoms. The van der Waals surface area contributed by atoms with E-state index in [2.05, 4.69) is 27.1 Å². The smallest absolute Gasteiger partial charge is 0.244 e. The van der Waals surface area contributed by atoms with Gasteiger partial charge in [-0.1, -0.05) is 0 Å². The summed E-state index contributed by atoms with van der Waals surface area (Å²) >= 11 is 1.79. The van der Waals surface area contributed by atoms with Crippen molar-refractivity contribution in [3.05, 3.63) is 21.9 Å². The summed E-state index contributed by atoms with van der Waals surface area (Å²) in [5.74, 6) is 0.876. The lowest BCUT2D eigenvalue weighted by Gasteiger charge is -2.26. The number of hydrogen-bond acceptors (Lipinski definition) is 3. The third kappa shape index (κ3) is 4.58. The van der Waals surface area contributed by atoms with Crippen LogP contribution in [0.1, 0.15) is 30.2 Å². The van der Waals surface area contributed by atoms with Gasteiger partial charge in [0.2, 0.25) is 5.91 Å². The van der Waals surface area contributed by atoms with E-state index < -0.39 is 0 Å². The van der Waals surface area contributed by atoms with E-state index in [1.165, 1.54) is 23.3 Å². The molecular formula is C15H23IN4OS. The summed E-state index contributed by atoms with van der Waals surface area (Å²) in [5.41, 5.74) is 1.30. The van der Waals surface area contributed by atoms with Crippen molar-refractivity contribution in [3.63, 3.8) is 0 Å². The van der Waals surface area contributed by atoms with Crippen LogP contribution in [0, 0.1) is 0 Å². The van der Waals surface area contributed by atoms with Gasteiger partial charge in [0.15, 0.2) is 5.96 Å². The van der Waals surface area contributed by atoms with Crippen LogP contribution in [-0.4, -0.2) is 42.4 Å². The number of amides is 1. The average Bonchev–Trinajstić information content (AvgIpc) is 3.18. The van der Waals surface area contributed by atoms with E-state index >= 15 is 0 Å².